The molecular weight excluding hydrogens is 274 g/mol. The van der Waals surface area contributed by atoms with Crippen molar-refractivity contribution in [1.82, 2.24) is 9.97 Å². The smallest absolute Gasteiger partial charge is 0.326 e. The molecular formula is C10H14BrN3O2. The van der Waals surface area contributed by atoms with E-state index >= 15 is 0 Å². The molecule has 88 valence electrons. The zero-order chi connectivity index (χ0) is 12.1. The monoisotopic (exact) mass is 287 g/mol. The number of carboxylic acids is 1. The molecule has 2 atom stereocenters. The van der Waals surface area contributed by atoms with Crippen LogP contribution in [0.3, 0.4) is 0 Å². The van der Waals surface area contributed by atoms with Gasteiger partial charge in [-0.15, -0.1) is 0 Å². The SMILES string of the molecule is CC[C@H](C)[C@H](Nc1ncncc1Br)C(=O)O. The first kappa shape index (κ1) is 12.9. The van der Waals surface area contributed by atoms with Crippen LogP contribution in [0.25, 0.3) is 0 Å². The van der Waals surface area contributed by atoms with E-state index in [0.717, 1.165) is 6.42 Å². The van der Waals surface area contributed by atoms with E-state index in [1.165, 1.54) is 6.33 Å². The zero-order valence-corrected chi connectivity index (χ0v) is 10.7. The van der Waals surface area contributed by atoms with Gasteiger partial charge in [0, 0.05) is 6.20 Å². The van der Waals surface area contributed by atoms with Gasteiger partial charge in [0.2, 0.25) is 0 Å². The lowest BCUT2D eigenvalue weighted by Crippen LogP contribution is -2.35. The van der Waals surface area contributed by atoms with Crippen LogP contribution in [0.15, 0.2) is 17.0 Å². The van der Waals surface area contributed by atoms with Gasteiger partial charge in [-0.2, -0.15) is 0 Å². The fraction of sp³-hybridized carbons (Fsp3) is 0.500. The van der Waals surface area contributed by atoms with Crippen molar-refractivity contribution in [1.29, 1.82) is 0 Å². The standard InChI is InChI=1S/C10H14BrN3O2/c1-3-6(2)8(10(15)16)14-9-7(11)4-12-5-13-9/h4-6,8H,3H2,1-2H3,(H,15,16)(H,12,13,14)/t6-,8-/m0/s1. The number of rotatable bonds is 5. The molecule has 0 unspecified atom stereocenters. The molecule has 5 nitrogen and oxygen atoms in total. The van der Waals surface area contributed by atoms with Gasteiger partial charge in [-0.25, -0.2) is 14.8 Å². The Morgan fingerprint density at radius 3 is 2.88 bits per heavy atom. The highest BCUT2D eigenvalue weighted by Crippen LogP contribution is 2.20. The van der Waals surface area contributed by atoms with Crippen molar-refractivity contribution in [2.45, 2.75) is 26.3 Å². The lowest BCUT2D eigenvalue weighted by atomic mass is 9.99. The number of nitrogens with zero attached hydrogens (tertiary/aromatic N) is 2. The number of anilines is 1. The highest BCUT2D eigenvalue weighted by molar-refractivity contribution is 9.10. The van der Waals surface area contributed by atoms with Gasteiger partial charge in [0.1, 0.15) is 18.2 Å². The average Bonchev–Trinajstić information content (AvgIpc) is 2.26. The van der Waals surface area contributed by atoms with E-state index in [4.69, 9.17) is 5.11 Å². The van der Waals surface area contributed by atoms with Crippen molar-refractivity contribution < 1.29 is 9.90 Å². The third-order valence-corrected chi connectivity index (χ3v) is 3.02. The number of carbonyl (C=O) groups is 1. The Morgan fingerprint density at radius 2 is 2.38 bits per heavy atom. The quantitative estimate of drug-likeness (QED) is 0.868. The van der Waals surface area contributed by atoms with Crippen LogP contribution < -0.4 is 5.32 Å². The summed E-state index contributed by atoms with van der Waals surface area (Å²) in [6, 6.07) is -0.642. The molecule has 0 aliphatic heterocycles. The number of aliphatic carboxylic acids is 1. The average molecular weight is 288 g/mol. The maximum Gasteiger partial charge on any atom is 0.326 e. The second-order valence-corrected chi connectivity index (χ2v) is 4.42. The summed E-state index contributed by atoms with van der Waals surface area (Å²) < 4.78 is 0.657. The Labute approximate surface area is 102 Å². The van der Waals surface area contributed by atoms with E-state index < -0.39 is 12.0 Å². The van der Waals surface area contributed by atoms with Crippen molar-refractivity contribution in [3.05, 3.63) is 17.0 Å². The highest BCUT2D eigenvalue weighted by atomic mass is 79.9. The summed E-state index contributed by atoms with van der Waals surface area (Å²) in [4.78, 5) is 18.9. The summed E-state index contributed by atoms with van der Waals surface area (Å²) in [6.07, 6.45) is 3.74. The predicted molar refractivity (Wildman–Crippen MR) is 64.2 cm³/mol. The Bertz CT molecular complexity index is 373. The van der Waals surface area contributed by atoms with Gasteiger partial charge in [0.25, 0.3) is 0 Å². The first-order valence-corrected chi connectivity index (χ1v) is 5.80. The van der Waals surface area contributed by atoms with Crippen molar-refractivity contribution in [2.75, 3.05) is 5.32 Å². The van der Waals surface area contributed by atoms with E-state index in [0.29, 0.717) is 10.3 Å². The predicted octanol–water partition coefficient (Wildman–Crippen LogP) is 2.15. The first-order valence-electron chi connectivity index (χ1n) is 5.01. The van der Waals surface area contributed by atoms with Crippen molar-refractivity contribution in [3.63, 3.8) is 0 Å². The minimum Gasteiger partial charge on any atom is -0.480 e. The van der Waals surface area contributed by atoms with Gasteiger partial charge >= 0.3 is 5.97 Å². The molecule has 0 aliphatic carbocycles. The van der Waals surface area contributed by atoms with Gasteiger partial charge in [-0.1, -0.05) is 20.3 Å². The van der Waals surface area contributed by atoms with Crippen LogP contribution in [0.5, 0.6) is 0 Å². The third-order valence-electron chi connectivity index (χ3n) is 2.44. The summed E-state index contributed by atoms with van der Waals surface area (Å²) in [7, 11) is 0. The fourth-order valence-corrected chi connectivity index (χ4v) is 1.58. The first-order chi connectivity index (χ1) is 7.56. The van der Waals surface area contributed by atoms with Crippen LogP contribution >= 0.6 is 15.9 Å². The molecule has 0 amide bonds. The van der Waals surface area contributed by atoms with Crippen LogP contribution in [0.4, 0.5) is 5.82 Å². The van der Waals surface area contributed by atoms with Crippen LogP contribution in [-0.4, -0.2) is 27.1 Å². The van der Waals surface area contributed by atoms with Crippen LogP contribution in [0.1, 0.15) is 20.3 Å². The van der Waals surface area contributed by atoms with E-state index in [-0.39, 0.29) is 5.92 Å². The minimum atomic E-state index is -0.875. The Morgan fingerprint density at radius 1 is 1.69 bits per heavy atom. The number of aromatic nitrogens is 2. The van der Waals surface area contributed by atoms with Gasteiger partial charge in [-0.05, 0) is 21.8 Å². The molecule has 0 saturated carbocycles. The lowest BCUT2D eigenvalue weighted by molar-refractivity contribution is -0.139. The summed E-state index contributed by atoms with van der Waals surface area (Å²) in [5.41, 5.74) is 0. The number of halogens is 1. The van der Waals surface area contributed by atoms with Gasteiger partial charge in [0.05, 0.1) is 4.47 Å². The third kappa shape index (κ3) is 3.16. The summed E-state index contributed by atoms with van der Waals surface area (Å²) in [5.74, 6) is -0.345. The number of nitrogens with one attached hydrogen (secondary N) is 1. The summed E-state index contributed by atoms with van der Waals surface area (Å²) in [5, 5.41) is 12.0. The molecule has 0 saturated heterocycles. The highest BCUT2D eigenvalue weighted by Gasteiger charge is 2.24. The molecule has 0 radical (unpaired) electrons. The Balaban J connectivity index is 2.84. The Kier molecular flexibility index (Phi) is 4.67. The molecule has 2 N–H and O–H groups in total. The molecule has 0 fully saturated rings. The van der Waals surface area contributed by atoms with Crippen LogP contribution in [0, 0.1) is 5.92 Å². The molecule has 0 aliphatic rings. The molecule has 0 bridgehead atoms. The normalized spacial score (nSPS) is 14.2. The molecule has 16 heavy (non-hydrogen) atoms. The molecule has 1 aromatic heterocycles. The second-order valence-electron chi connectivity index (χ2n) is 3.57. The van der Waals surface area contributed by atoms with E-state index in [1.54, 1.807) is 6.20 Å². The molecule has 1 aromatic rings. The van der Waals surface area contributed by atoms with Gasteiger partial charge in [-0.3, -0.25) is 0 Å². The number of hydrogen-bond acceptors (Lipinski definition) is 4. The van der Waals surface area contributed by atoms with Crippen molar-refractivity contribution in [3.8, 4) is 0 Å². The van der Waals surface area contributed by atoms with Crippen LogP contribution in [-0.2, 0) is 4.79 Å². The topological polar surface area (TPSA) is 75.1 Å². The maximum absolute atomic E-state index is 11.1. The number of carboxylic acid groups (broad SMARTS) is 1. The summed E-state index contributed by atoms with van der Waals surface area (Å²) in [6.45, 7) is 3.85. The van der Waals surface area contributed by atoms with Crippen molar-refractivity contribution >= 4 is 27.7 Å². The Hall–Kier alpha value is -1.17. The van der Waals surface area contributed by atoms with Gasteiger partial charge in [0.15, 0.2) is 0 Å². The molecule has 1 heterocycles. The minimum absolute atomic E-state index is 0.0272. The molecule has 0 aromatic carbocycles. The largest absolute Gasteiger partial charge is 0.480 e. The summed E-state index contributed by atoms with van der Waals surface area (Å²) >= 11 is 3.26. The lowest BCUT2D eigenvalue weighted by Gasteiger charge is -2.20. The van der Waals surface area contributed by atoms with Crippen LogP contribution in [0.2, 0.25) is 0 Å². The van der Waals surface area contributed by atoms with E-state index in [2.05, 4.69) is 31.2 Å². The number of hydrogen-bond donors (Lipinski definition) is 2. The van der Waals surface area contributed by atoms with E-state index in [1.807, 2.05) is 13.8 Å². The molecule has 0 spiro atoms. The maximum atomic E-state index is 11.1. The van der Waals surface area contributed by atoms with Gasteiger partial charge < -0.3 is 10.4 Å². The van der Waals surface area contributed by atoms with E-state index in [9.17, 15) is 4.79 Å². The molecule has 6 heteroatoms. The zero-order valence-electron chi connectivity index (χ0n) is 9.14. The second kappa shape index (κ2) is 5.79. The molecule has 1 rings (SSSR count). The van der Waals surface area contributed by atoms with Crippen molar-refractivity contribution in [2.24, 2.45) is 5.92 Å². The fourth-order valence-electron chi connectivity index (χ4n) is 1.25.